The van der Waals surface area contributed by atoms with Crippen LogP contribution in [0.15, 0.2) is 9.63 Å². The summed E-state index contributed by atoms with van der Waals surface area (Å²) in [5.41, 5.74) is -0.111. The summed E-state index contributed by atoms with van der Waals surface area (Å²) < 4.78 is 27.4. The molecule has 0 saturated heterocycles. The Hall–Kier alpha value is -0.470. The van der Waals surface area contributed by atoms with Gasteiger partial charge in [0.25, 0.3) is 10.0 Å². The number of nitrogens with zero attached hydrogens (tertiary/aromatic N) is 4. The first-order chi connectivity index (χ1) is 7.55. The first-order valence-electron chi connectivity index (χ1n) is 5.07. The van der Waals surface area contributed by atoms with Crippen LogP contribution in [0.3, 0.4) is 0 Å². The minimum atomic E-state index is -3.57. The zero-order valence-corrected chi connectivity index (χ0v) is 13.0. The lowest BCUT2D eigenvalue weighted by Gasteiger charge is -2.25. The highest BCUT2D eigenvalue weighted by Crippen LogP contribution is 2.24. The third-order valence-electron chi connectivity index (χ3n) is 2.09. The lowest BCUT2D eigenvalue weighted by atomic mass is 9.97. The summed E-state index contributed by atoms with van der Waals surface area (Å²) in [6.07, 6.45) is 0. The van der Waals surface area contributed by atoms with Gasteiger partial charge in [0.05, 0.1) is 0 Å². The van der Waals surface area contributed by atoms with Crippen LogP contribution in [-0.2, 0) is 17.1 Å². The van der Waals surface area contributed by atoms with Gasteiger partial charge in [-0.1, -0.05) is 26.0 Å². The largest absolute Gasteiger partial charge is 0.262 e. The summed E-state index contributed by atoms with van der Waals surface area (Å²) in [5, 5.41) is 7.43. The van der Waals surface area contributed by atoms with Gasteiger partial charge < -0.3 is 0 Å². The molecule has 0 bridgehead atoms. The molecular formula is C9H17BrN4O2S. The minimum absolute atomic E-state index is 0.0734. The van der Waals surface area contributed by atoms with Crippen molar-refractivity contribution in [2.24, 2.45) is 12.5 Å². The molecule has 0 aromatic carbocycles. The standard InChI is InChI=1S/C9H17BrN4O2S/c1-9(2,3)6-13(4)17(15,16)8-7(10)11-12-14(8)5/h6H2,1-5H3. The SMILES string of the molecule is CN(CC(C)(C)C)S(=O)(=O)c1c(Br)nnn1C. The van der Waals surface area contributed by atoms with E-state index in [9.17, 15) is 8.42 Å². The van der Waals surface area contributed by atoms with Crippen LogP contribution in [0.5, 0.6) is 0 Å². The molecule has 8 heteroatoms. The average Bonchev–Trinajstić information content (AvgIpc) is 2.43. The van der Waals surface area contributed by atoms with E-state index in [0.29, 0.717) is 6.54 Å². The van der Waals surface area contributed by atoms with E-state index in [1.165, 1.54) is 8.99 Å². The number of hydrogen-bond acceptors (Lipinski definition) is 4. The second-order valence-electron chi connectivity index (χ2n) is 5.13. The predicted molar refractivity (Wildman–Crippen MR) is 68.0 cm³/mol. The normalized spacial score (nSPS) is 13.4. The molecule has 0 aliphatic carbocycles. The second kappa shape index (κ2) is 4.66. The monoisotopic (exact) mass is 324 g/mol. The number of halogens is 1. The van der Waals surface area contributed by atoms with E-state index in [2.05, 4.69) is 26.2 Å². The molecule has 1 rings (SSSR count). The molecule has 0 aliphatic rings. The molecule has 6 nitrogen and oxygen atoms in total. The van der Waals surface area contributed by atoms with E-state index in [-0.39, 0.29) is 15.0 Å². The van der Waals surface area contributed by atoms with Crippen molar-refractivity contribution in [1.29, 1.82) is 0 Å². The molecule has 0 fully saturated rings. The third kappa shape index (κ3) is 3.26. The van der Waals surface area contributed by atoms with E-state index >= 15 is 0 Å². The minimum Gasteiger partial charge on any atom is -0.235 e. The van der Waals surface area contributed by atoms with Crippen molar-refractivity contribution in [1.82, 2.24) is 19.3 Å². The number of rotatable bonds is 3. The first-order valence-corrected chi connectivity index (χ1v) is 7.30. The summed E-state index contributed by atoms with van der Waals surface area (Å²) in [4.78, 5) is 0. The number of aryl methyl sites for hydroxylation is 1. The molecule has 0 amide bonds. The molecule has 0 atom stereocenters. The summed E-state index contributed by atoms with van der Waals surface area (Å²) in [6, 6.07) is 0. The van der Waals surface area contributed by atoms with Crippen molar-refractivity contribution in [2.75, 3.05) is 13.6 Å². The zero-order chi connectivity index (χ0) is 13.4. The molecule has 1 aromatic rings. The summed E-state index contributed by atoms with van der Waals surface area (Å²) >= 11 is 3.10. The Kier molecular flexibility index (Phi) is 4.00. The molecule has 1 heterocycles. The van der Waals surface area contributed by atoms with Gasteiger partial charge in [-0.2, -0.15) is 4.31 Å². The van der Waals surface area contributed by atoms with E-state index in [1.807, 2.05) is 20.8 Å². The highest BCUT2D eigenvalue weighted by molar-refractivity contribution is 9.10. The Morgan fingerprint density at radius 1 is 1.41 bits per heavy atom. The molecule has 0 saturated carbocycles. The van der Waals surface area contributed by atoms with Crippen molar-refractivity contribution in [2.45, 2.75) is 25.8 Å². The van der Waals surface area contributed by atoms with Crippen LogP contribution in [0.4, 0.5) is 0 Å². The highest BCUT2D eigenvalue weighted by Gasteiger charge is 2.30. The van der Waals surface area contributed by atoms with Crippen LogP contribution in [-0.4, -0.2) is 41.3 Å². The molecular weight excluding hydrogens is 308 g/mol. The maximum atomic E-state index is 12.3. The molecule has 17 heavy (non-hydrogen) atoms. The van der Waals surface area contributed by atoms with Crippen LogP contribution in [0.1, 0.15) is 20.8 Å². The molecule has 0 aliphatic heterocycles. The van der Waals surface area contributed by atoms with Crippen molar-refractivity contribution in [3.8, 4) is 0 Å². The van der Waals surface area contributed by atoms with Gasteiger partial charge in [0, 0.05) is 20.6 Å². The number of aromatic nitrogens is 3. The van der Waals surface area contributed by atoms with Crippen LogP contribution in [0, 0.1) is 5.41 Å². The maximum Gasteiger partial charge on any atom is 0.262 e. The van der Waals surface area contributed by atoms with Gasteiger partial charge in [-0.25, -0.2) is 13.1 Å². The number of sulfonamides is 1. The van der Waals surface area contributed by atoms with Crippen LogP contribution in [0.2, 0.25) is 0 Å². The van der Waals surface area contributed by atoms with Gasteiger partial charge >= 0.3 is 0 Å². The lowest BCUT2D eigenvalue weighted by molar-refractivity contribution is 0.309. The smallest absolute Gasteiger partial charge is 0.235 e. The highest BCUT2D eigenvalue weighted by atomic mass is 79.9. The average molecular weight is 325 g/mol. The van der Waals surface area contributed by atoms with Crippen molar-refractivity contribution in [3.63, 3.8) is 0 Å². The predicted octanol–water partition coefficient (Wildman–Crippen LogP) is 1.24. The van der Waals surface area contributed by atoms with Crippen molar-refractivity contribution < 1.29 is 8.42 Å². The maximum absolute atomic E-state index is 12.3. The van der Waals surface area contributed by atoms with Gasteiger partial charge in [-0.15, -0.1) is 5.10 Å². The second-order valence-corrected chi connectivity index (χ2v) is 7.84. The van der Waals surface area contributed by atoms with E-state index < -0.39 is 10.0 Å². The summed E-state index contributed by atoms with van der Waals surface area (Å²) in [6.45, 7) is 6.37. The van der Waals surface area contributed by atoms with Crippen molar-refractivity contribution >= 4 is 26.0 Å². The molecule has 0 spiro atoms. The summed E-state index contributed by atoms with van der Waals surface area (Å²) in [7, 11) is -0.459. The third-order valence-corrected chi connectivity index (χ3v) is 4.78. The molecule has 0 unspecified atom stereocenters. The van der Waals surface area contributed by atoms with E-state index in [4.69, 9.17) is 0 Å². The fourth-order valence-electron chi connectivity index (χ4n) is 1.50. The van der Waals surface area contributed by atoms with E-state index in [1.54, 1.807) is 14.1 Å². The fourth-order valence-corrected chi connectivity index (χ4v) is 3.92. The van der Waals surface area contributed by atoms with Crippen LogP contribution in [0.25, 0.3) is 0 Å². The van der Waals surface area contributed by atoms with Gasteiger partial charge in [0.1, 0.15) is 0 Å². The summed E-state index contributed by atoms with van der Waals surface area (Å²) in [5.74, 6) is 0. The lowest BCUT2D eigenvalue weighted by Crippen LogP contribution is -2.35. The van der Waals surface area contributed by atoms with Crippen LogP contribution < -0.4 is 0 Å². The Labute approximate surface area is 110 Å². The topological polar surface area (TPSA) is 68.1 Å². The Morgan fingerprint density at radius 3 is 2.29 bits per heavy atom. The van der Waals surface area contributed by atoms with Gasteiger partial charge in [0.2, 0.25) is 5.03 Å². The molecule has 0 radical (unpaired) electrons. The van der Waals surface area contributed by atoms with E-state index in [0.717, 1.165) is 0 Å². The zero-order valence-electron chi connectivity index (χ0n) is 10.6. The number of hydrogen-bond donors (Lipinski definition) is 0. The first kappa shape index (κ1) is 14.6. The van der Waals surface area contributed by atoms with Gasteiger partial charge in [0.15, 0.2) is 4.60 Å². The Bertz CT molecular complexity index is 484. The molecule has 98 valence electrons. The Balaban J connectivity index is 3.13. The molecule has 1 aromatic heterocycles. The molecule has 0 N–H and O–H groups in total. The quantitative estimate of drug-likeness (QED) is 0.839. The Morgan fingerprint density at radius 2 is 1.94 bits per heavy atom. The van der Waals surface area contributed by atoms with Gasteiger partial charge in [-0.3, -0.25) is 0 Å². The fraction of sp³-hybridized carbons (Fsp3) is 0.778. The van der Waals surface area contributed by atoms with Gasteiger partial charge in [-0.05, 0) is 21.3 Å². The van der Waals surface area contributed by atoms with Crippen molar-refractivity contribution in [3.05, 3.63) is 4.60 Å². The van der Waals surface area contributed by atoms with Crippen LogP contribution >= 0.6 is 15.9 Å².